The molecule has 0 radical (unpaired) electrons. The standard InChI is InChI=1S/C20H23N5O3.C19H21N5O3.C18H18N4O4.C13H18BNO4.C12H14IN3O2/c1-24(2)20(26)15-12-13(4-8-21-15)18-17-16(25(3)23-18)5-9-22-19(17)28-14-6-10-27-11-7-14;1-24(2)19(25)15-11-12(3-7-20-15)17-16-14(22-23-17)4-8-21-18(16)27-13-5-9-26-10-6-13;1-22-14-3-7-20-17(26-12-4-8-25-9-5-12)15(14)16(21-22)11-2-6-19-13(10-11)18(23)24;1-12(2)13(3,4)19-14(18-12)9-6-7-15-10(8-9)11(16)17-5;1-16-9-2-5-14-12(10(9)11(13)15-16)18-8-3-6-17-7-4-8/h4-5,8-9,12,14H,6-7,10-11H2,1-3H3;3-4,7-8,11,13H,5-6,9-10H2,1-2H3,(H,22,23);2-3,6-7,10,12H,4-5,8-9H2,1H3,(H,23,24);6-8H,1-5H3;2,5,8H,3-4,6-7H2,1H3. The van der Waals surface area contributed by atoms with Crippen LogP contribution in [0.2, 0.25) is 0 Å². The van der Waals surface area contributed by atoms with Crippen LogP contribution in [0.25, 0.3) is 77.4 Å². The molecule has 0 aliphatic carbocycles. The summed E-state index contributed by atoms with van der Waals surface area (Å²) in [6.45, 7) is 13.6. The number of rotatable bonds is 16. The number of amides is 2. The van der Waals surface area contributed by atoms with Gasteiger partial charge in [-0.25, -0.2) is 39.5 Å². The molecule has 0 spiro atoms. The van der Waals surface area contributed by atoms with E-state index in [-0.39, 0.29) is 47.6 Å². The number of carboxylic acid groups (broad SMARTS) is 1. The van der Waals surface area contributed by atoms with Crippen molar-refractivity contribution in [1.29, 1.82) is 0 Å². The highest BCUT2D eigenvalue weighted by molar-refractivity contribution is 14.1. The van der Waals surface area contributed by atoms with Gasteiger partial charge in [0.25, 0.3) is 11.8 Å². The first-order valence-corrected chi connectivity index (χ1v) is 39.8. The molecule has 0 bridgehead atoms. The number of aromatic carboxylic acids is 1. The number of nitrogens with zero attached hydrogens (tertiary/aromatic N) is 17. The number of halogens is 1. The van der Waals surface area contributed by atoms with Gasteiger partial charge in [-0.3, -0.25) is 38.7 Å². The second-order valence-corrected chi connectivity index (χ2v) is 30.8. The van der Waals surface area contributed by atoms with Crippen LogP contribution in [0.5, 0.6) is 23.5 Å². The number of carbonyl (C=O) groups excluding carboxylic acids is 3. The second kappa shape index (κ2) is 38.0. The summed E-state index contributed by atoms with van der Waals surface area (Å²) in [6.07, 6.45) is 20.4. The molecule has 36 heteroatoms. The van der Waals surface area contributed by atoms with Crippen LogP contribution in [0.1, 0.15) is 121 Å². The normalized spacial score (nSPS) is 16.3. The minimum Gasteiger partial charge on any atom is -0.477 e. The fourth-order valence-electron chi connectivity index (χ4n) is 13.5. The smallest absolute Gasteiger partial charge is 0.477 e. The number of fused-ring (bicyclic) bond motifs is 4. The number of esters is 1. The van der Waals surface area contributed by atoms with E-state index in [2.05, 4.69) is 92.7 Å². The monoisotopic (exact) mass is 1720 g/mol. The number of H-pyrrole nitrogens is 1. The average molecular weight is 1730 g/mol. The number of hydrogen-bond donors (Lipinski definition) is 2. The Morgan fingerprint density at radius 3 is 1.22 bits per heavy atom. The molecule has 2 N–H and O–H groups in total. The Hall–Kier alpha value is -11.3. The van der Waals surface area contributed by atoms with Gasteiger partial charge in [0.05, 0.1) is 115 Å². The van der Waals surface area contributed by atoms with Gasteiger partial charge in [-0.15, -0.1) is 0 Å². The van der Waals surface area contributed by atoms with Gasteiger partial charge in [-0.1, -0.05) is 0 Å². The molecule has 2 amide bonds. The van der Waals surface area contributed by atoms with Gasteiger partial charge in [0.2, 0.25) is 23.5 Å². The minimum absolute atomic E-state index is 0.0305. The van der Waals surface area contributed by atoms with Gasteiger partial charge >= 0.3 is 19.1 Å². The number of carbonyl (C=O) groups is 4. The largest absolute Gasteiger partial charge is 0.494 e. The van der Waals surface area contributed by atoms with Crippen molar-refractivity contribution < 1.29 is 76.2 Å². The van der Waals surface area contributed by atoms with Crippen LogP contribution in [-0.4, -0.2) is 249 Å². The topological polar surface area (TPSA) is 382 Å². The van der Waals surface area contributed by atoms with E-state index in [1.165, 1.54) is 29.2 Å². The molecule has 17 rings (SSSR count). The summed E-state index contributed by atoms with van der Waals surface area (Å²) >= 11 is 2.22. The lowest BCUT2D eigenvalue weighted by atomic mass is 9.79. The fourth-order valence-corrected chi connectivity index (χ4v) is 14.4. The van der Waals surface area contributed by atoms with Crippen LogP contribution in [0.4, 0.5) is 0 Å². The van der Waals surface area contributed by atoms with E-state index in [0.717, 1.165) is 134 Å². The molecule has 0 unspecified atom stereocenters. The van der Waals surface area contributed by atoms with Gasteiger partial charge in [0.15, 0.2) is 0 Å². The maximum atomic E-state index is 12.3. The summed E-state index contributed by atoms with van der Waals surface area (Å²) in [6, 6.07) is 21.4. The molecule has 0 saturated carbocycles. The lowest BCUT2D eigenvalue weighted by Crippen LogP contribution is -2.41. The van der Waals surface area contributed by atoms with Gasteiger partial charge in [-0.05, 0) is 129 Å². The average Bonchev–Trinajstić information content (AvgIpc) is 1.64. The highest BCUT2D eigenvalue weighted by Gasteiger charge is 2.52. The molecule has 5 fully saturated rings. The second-order valence-electron chi connectivity index (χ2n) is 29.8. The summed E-state index contributed by atoms with van der Waals surface area (Å²) < 4.78 is 68.9. The van der Waals surface area contributed by atoms with Crippen molar-refractivity contribution in [2.75, 3.05) is 88.2 Å². The minimum atomic E-state index is -1.08. The molecule has 0 atom stereocenters. The SMILES string of the molecule is CN(C)C(=O)c1cc(-c2n[nH]c3ccnc(OC4CCOCC4)c23)ccn1.CN(C)C(=O)c1cc(-c2nn(C)c3ccnc(OC4CCOCC4)c23)ccn1.COC(=O)c1cc(B2OC(C)(C)C(C)(C)O2)ccn1.Cn1nc(-c2ccnc(C(=O)O)c2)c2c(OC3CCOCC3)nccc21.Cn1nc(I)c2c(OC3CCOCC3)nccc21. The molecule has 12 aromatic rings. The lowest BCUT2D eigenvalue weighted by Gasteiger charge is -2.32. The quantitative estimate of drug-likeness (QED) is 0.0515. The van der Waals surface area contributed by atoms with Crippen molar-refractivity contribution in [3.8, 4) is 57.3 Å². The van der Waals surface area contributed by atoms with Crippen LogP contribution in [0.3, 0.4) is 0 Å². The van der Waals surface area contributed by atoms with Crippen LogP contribution in [0.15, 0.2) is 122 Å². The number of carboxylic acids is 1. The highest BCUT2D eigenvalue weighted by atomic mass is 127. The maximum absolute atomic E-state index is 12.3. The number of aromatic nitrogens is 16. The molecule has 5 saturated heterocycles. The van der Waals surface area contributed by atoms with Crippen LogP contribution in [-0.2, 0) is 54.1 Å². The van der Waals surface area contributed by atoms with Gasteiger partial charge < -0.3 is 66.8 Å². The Morgan fingerprint density at radius 1 is 0.458 bits per heavy atom. The van der Waals surface area contributed by atoms with Crippen LogP contribution in [0, 0.1) is 3.70 Å². The molecule has 118 heavy (non-hydrogen) atoms. The first-order valence-electron chi connectivity index (χ1n) is 38.7. The number of methoxy groups -OCH3 is 1. The Bertz CT molecular complexity index is 5520. The first-order chi connectivity index (χ1) is 56.8. The zero-order valence-electron chi connectivity index (χ0n) is 67.8. The Morgan fingerprint density at radius 2 is 0.805 bits per heavy atom. The van der Waals surface area contributed by atoms with Gasteiger partial charge in [0, 0.05) is 167 Å². The van der Waals surface area contributed by atoms with Crippen LogP contribution < -0.4 is 24.4 Å². The Balaban J connectivity index is 0.000000129. The summed E-state index contributed by atoms with van der Waals surface area (Å²) in [5, 5.41) is 33.7. The maximum Gasteiger partial charge on any atom is 0.494 e. The molecular weight excluding hydrogens is 1630 g/mol. The molecule has 12 aromatic heterocycles. The molecule has 17 heterocycles. The van der Waals surface area contributed by atoms with E-state index in [4.69, 9.17) is 47.2 Å². The Kier molecular flexibility index (Phi) is 27.2. The third-order valence-electron chi connectivity index (χ3n) is 20.6. The van der Waals surface area contributed by atoms with E-state index < -0.39 is 30.3 Å². The van der Waals surface area contributed by atoms with Crippen molar-refractivity contribution in [1.82, 2.24) is 89.2 Å². The van der Waals surface area contributed by atoms with E-state index in [9.17, 15) is 24.3 Å². The van der Waals surface area contributed by atoms with Crippen molar-refractivity contribution in [2.45, 2.75) is 115 Å². The van der Waals surface area contributed by atoms with E-state index in [1.54, 1.807) is 111 Å². The summed E-state index contributed by atoms with van der Waals surface area (Å²) in [5.74, 6) is 0.433. The third kappa shape index (κ3) is 19.8. The predicted molar refractivity (Wildman–Crippen MR) is 444 cm³/mol. The van der Waals surface area contributed by atoms with Crippen molar-refractivity contribution in [2.24, 2.45) is 21.1 Å². The van der Waals surface area contributed by atoms with Gasteiger partial charge in [-0.2, -0.15) is 20.4 Å². The number of pyridine rings is 8. The molecule has 34 nitrogen and oxygen atoms in total. The van der Waals surface area contributed by atoms with E-state index in [0.29, 0.717) is 91.5 Å². The number of aryl methyl sites for hydroxylation is 3. The van der Waals surface area contributed by atoms with Crippen molar-refractivity contribution in [3.05, 3.63) is 149 Å². The Labute approximate surface area is 694 Å². The summed E-state index contributed by atoms with van der Waals surface area (Å²) in [5.41, 5.74) is 8.85. The number of ether oxygens (including phenoxy) is 9. The summed E-state index contributed by atoms with van der Waals surface area (Å²) in [4.78, 5) is 84.2. The summed E-state index contributed by atoms with van der Waals surface area (Å²) in [7, 11) is 13.3. The number of hydrogen-bond acceptors (Lipinski definition) is 27. The van der Waals surface area contributed by atoms with E-state index in [1.807, 2.05) is 89.9 Å². The third-order valence-corrected chi connectivity index (χ3v) is 21.4. The highest BCUT2D eigenvalue weighted by Crippen LogP contribution is 2.40. The molecule has 5 aliphatic heterocycles. The van der Waals surface area contributed by atoms with Crippen molar-refractivity contribution in [3.63, 3.8) is 0 Å². The van der Waals surface area contributed by atoms with Crippen molar-refractivity contribution >= 4 is 103 Å². The molecule has 618 valence electrons. The molecular formula is C82H94BIN18O16. The zero-order chi connectivity index (χ0) is 83.4. The van der Waals surface area contributed by atoms with Crippen LogP contribution >= 0.6 is 22.6 Å². The fraction of sp³-hybridized carbons (Fsp3) is 0.415. The number of nitrogens with one attached hydrogen (secondary N) is 1. The lowest BCUT2D eigenvalue weighted by molar-refractivity contribution is 0.00578. The zero-order valence-corrected chi connectivity index (χ0v) is 70.0. The van der Waals surface area contributed by atoms with Gasteiger partial charge in [0.1, 0.15) is 68.0 Å². The molecule has 0 aromatic carbocycles. The first kappa shape index (κ1) is 84.6. The number of aromatic amines is 1. The molecule has 5 aliphatic rings. The predicted octanol–water partition coefficient (Wildman–Crippen LogP) is 10.2. The van der Waals surface area contributed by atoms with E-state index >= 15 is 0 Å².